The van der Waals surface area contributed by atoms with E-state index in [4.69, 9.17) is 16.3 Å². The molecule has 0 unspecified atom stereocenters. The number of carbonyl (C=O) groups is 1. The van der Waals surface area contributed by atoms with Crippen LogP contribution in [0, 0.1) is 12.7 Å². The molecule has 0 aliphatic carbocycles. The Kier molecular flexibility index (Phi) is 5.05. The number of rotatable bonds is 4. The normalized spacial score (nSPS) is 10.4. The van der Waals surface area contributed by atoms with Gasteiger partial charge in [0.25, 0.3) is 5.88 Å². The van der Waals surface area contributed by atoms with Crippen molar-refractivity contribution in [2.45, 2.75) is 6.92 Å². The lowest BCUT2D eigenvalue weighted by Crippen LogP contribution is -2.18. The first-order valence-corrected chi connectivity index (χ1v) is 8.14. The Morgan fingerprint density at radius 1 is 1.32 bits per heavy atom. The molecule has 128 valence electrons. The molecule has 0 spiro atoms. The summed E-state index contributed by atoms with van der Waals surface area (Å²) in [7, 11) is 0. The number of carbonyl (C=O) groups excluding carboxylic acids is 1. The SMILES string of the molecule is Cc1nc(OC(=O)Nc2ccc(F)cn2)c(Nc2cncc(Cl)c2)s1. The first kappa shape index (κ1) is 17.1. The lowest BCUT2D eigenvalue weighted by atomic mass is 10.4. The standard InChI is InChI=1S/C15H11ClFN5O2S/c1-8-20-13(14(25-8)21-11-4-9(16)5-18-7-11)24-15(23)22-12-3-2-10(17)6-19-12/h2-7,21H,1H3,(H,19,22,23). The van der Waals surface area contributed by atoms with Gasteiger partial charge in [-0.1, -0.05) is 22.9 Å². The molecular weight excluding hydrogens is 369 g/mol. The summed E-state index contributed by atoms with van der Waals surface area (Å²) in [5.41, 5.74) is 0.626. The van der Waals surface area contributed by atoms with Crippen LogP contribution < -0.4 is 15.4 Å². The van der Waals surface area contributed by atoms with Gasteiger partial charge in [-0.3, -0.25) is 10.3 Å². The number of halogens is 2. The predicted octanol–water partition coefficient (Wildman–Crippen LogP) is 4.39. The number of nitrogens with zero attached hydrogens (tertiary/aromatic N) is 3. The fraction of sp³-hybridized carbons (Fsp3) is 0.0667. The third-order valence-corrected chi connectivity index (χ3v) is 3.89. The van der Waals surface area contributed by atoms with E-state index in [-0.39, 0.29) is 11.7 Å². The van der Waals surface area contributed by atoms with Crippen LogP contribution in [0.25, 0.3) is 0 Å². The maximum absolute atomic E-state index is 12.8. The fourth-order valence-electron chi connectivity index (χ4n) is 1.84. The molecule has 3 aromatic heterocycles. The lowest BCUT2D eigenvalue weighted by molar-refractivity contribution is 0.213. The number of amides is 1. The third kappa shape index (κ3) is 4.61. The van der Waals surface area contributed by atoms with Gasteiger partial charge in [0.1, 0.15) is 11.6 Å². The van der Waals surface area contributed by atoms with Gasteiger partial charge < -0.3 is 10.1 Å². The van der Waals surface area contributed by atoms with Crippen LogP contribution in [-0.2, 0) is 0 Å². The minimum atomic E-state index is -0.795. The van der Waals surface area contributed by atoms with Crippen molar-refractivity contribution in [2.24, 2.45) is 0 Å². The Morgan fingerprint density at radius 2 is 2.16 bits per heavy atom. The van der Waals surface area contributed by atoms with Crippen LogP contribution in [0.3, 0.4) is 0 Å². The van der Waals surface area contributed by atoms with E-state index in [1.807, 2.05) is 0 Å². The zero-order chi connectivity index (χ0) is 17.8. The number of hydrogen-bond acceptors (Lipinski definition) is 7. The second-order valence-corrected chi connectivity index (χ2v) is 6.40. The molecule has 1 amide bonds. The van der Waals surface area contributed by atoms with Crippen molar-refractivity contribution in [1.29, 1.82) is 0 Å². The van der Waals surface area contributed by atoms with Crippen molar-refractivity contribution in [3.8, 4) is 5.88 Å². The molecule has 0 aromatic carbocycles. The second kappa shape index (κ2) is 7.41. The molecule has 3 heterocycles. The molecule has 0 fully saturated rings. The molecule has 0 aliphatic heterocycles. The van der Waals surface area contributed by atoms with Crippen molar-refractivity contribution in [1.82, 2.24) is 15.0 Å². The van der Waals surface area contributed by atoms with Crippen molar-refractivity contribution in [3.63, 3.8) is 0 Å². The number of pyridine rings is 2. The van der Waals surface area contributed by atoms with Gasteiger partial charge in [-0.25, -0.2) is 19.2 Å². The van der Waals surface area contributed by atoms with Crippen LogP contribution in [0.4, 0.5) is 25.7 Å². The zero-order valence-corrected chi connectivity index (χ0v) is 14.4. The molecule has 3 rings (SSSR count). The van der Waals surface area contributed by atoms with E-state index in [9.17, 15) is 9.18 Å². The Balaban J connectivity index is 1.72. The molecule has 3 aromatic rings. The highest BCUT2D eigenvalue weighted by molar-refractivity contribution is 7.16. The van der Waals surface area contributed by atoms with Gasteiger partial charge in [-0.15, -0.1) is 0 Å². The molecular formula is C15H11ClFN5O2S. The van der Waals surface area contributed by atoms with Crippen molar-refractivity contribution < 1.29 is 13.9 Å². The minimum Gasteiger partial charge on any atom is -0.388 e. The smallest absolute Gasteiger partial charge is 0.388 e. The number of thiazole rings is 1. The van der Waals surface area contributed by atoms with E-state index in [0.717, 1.165) is 6.20 Å². The van der Waals surface area contributed by atoms with Gasteiger partial charge in [0, 0.05) is 6.20 Å². The van der Waals surface area contributed by atoms with Crippen LogP contribution in [0.15, 0.2) is 36.8 Å². The molecule has 7 nitrogen and oxygen atoms in total. The van der Waals surface area contributed by atoms with Crippen LogP contribution in [-0.4, -0.2) is 21.0 Å². The number of ether oxygens (including phenoxy) is 1. The largest absolute Gasteiger partial charge is 0.419 e. The summed E-state index contributed by atoms with van der Waals surface area (Å²) >= 11 is 7.20. The Bertz CT molecular complexity index is 903. The highest BCUT2D eigenvalue weighted by Gasteiger charge is 2.16. The maximum Gasteiger partial charge on any atom is 0.419 e. The van der Waals surface area contributed by atoms with E-state index in [1.165, 1.54) is 29.7 Å². The van der Waals surface area contributed by atoms with E-state index >= 15 is 0 Å². The summed E-state index contributed by atoms with van der Waals surface area (Å²) < 4.78 is 18.0. The lowest BCUT2D eigenvalue weighted by Gasteiger charge is -2.07. The Morgan fingerprint density at radius 3 is 2.88 bits per heavy atom. The van der Waals surface area contributed by atoms with Gasteiger partial charge in [0.15, 0.2) is 5.00 Å². The molecule has 0 saturated carbocycles. The molecule has 0 radical (unpaired) electrons. The highest BCUT2D eigenvalue weighted by atomic mass is 35.5. The van der Waals surface area contributed by atoms with Gasteiger partial charge >= 0.3 is 6.09 Å². The fourth-order valence-corrected chi connectivity index (χ4v) is 2.78. The van der Waals surface area contributed by atoms with Gasteiger partial charge in [-0.05, 0) is 25.1 Å². The second-order valence-electron chi connectivity index (χ2n) is 4.76. The monoisotopic (exact) mass is 379 g/mol. The number of anilines is 3. The summed E-state index contributed by atoms with van der Waals surface area (Å²) in [6.07, 6.45) is 3.27. The van der Waals surface area contributed by atoms with Crippen LogP contribution >= 0.6 is 22.9 Å². The topological polar surface area (TPSA) is 89.0 Å². The minimum absolute atomic E-state index is 0.0992. The number of hydrogen-bond donors (Lipinski definition) is 2. The van der Waals surface area contributed by atoms with E-state index in [0.29, 0.717) is 20.7 Å². The van der Waals surface area contributed by atoms with Crippen molar-refractivity contribution >= 4 is 45.5 Å². The Hall–Kier alpha value is -2.78. The summed E-state index contributed by atoms with van der Waals surface area (Å²) in [4.78, 5) is 23.8. The molecule has 0 atom stereocenters. The zero-order valence-electron chi connectivity index (χ0n) is 12.8. The van der Waals surface area contributed by atoms with Gasteiger partial charge in [0.2, 0.25) is 0 Å². The third-order valence-electron chi connectivity index (χ3n) is 2.81. The highest BCUT2D eigenvalue weighted by Crippen LogP contribution is 2.34. The summed E-state index contributed by atoms with van der Waals surface area (Å²) in [6, 6.07) is 4.17. The maximum atomic E-state index is 12.8. The summed E-state index contributed by atoms with van der Waals surface area (Å²) in [5, 5.41) is 7.12. The summed E-state index contributed by atoms with van der Waals surface area (Å²) in [6.45, 7) is 1.78. The van der Waals surface area contributed by atoms with E-state index < -0.39 is 11.9 Å². The quantitative estimate of drug-likeness (QED) is 0.698. The van der Waals surface area contributed by atoms with E-state index in [2.05, 4.69) is 25.6 Å². The first-order valence-electron chi connectivity index (χ1n) is 6.95. The van der Waals surface area contributed by atoms with Crippen LogP contribution in [0.5, 0.6) is 5.88 Å². The Labute approximate surface area is 150 Å². The molecule has 0 bridgehead atoms. The average molecular weight is 380 g/mol. The van der Waals surface area contributed by atoms with E-state index in [1.54, 1.807) is 19.2 Å². The first-order chi connectivity index (χ1) is 12.0. The molecule has 0 saturated heterocycles. The van der Waals surface area contributed by atoms with Crippen LogP contribution in [0.2, 0.25) is 5.02 Å². The summed E-state index contributed by atoms with van der Waals surface area (Å²) in [5.74, 6) is -0.246. The predicted molar refractivity (Wildman–Crippen MR) is 93.2 cm³/mol. The molecule has 0 aliphatic rings. The average Bonchev–Trinajstić information content (AvgIpc) is 2.89. The van der Waals surface area contributed by atoms with Crippen molar-refractivity contribution in [2.75, 3.05) is 10.6 Å². The van der Waals surface area contributed by atoms with Gasteiger partial charge in [0.05, 0.1) is 28.1 Å². The van der Waals surface area contributed by atoms with Crippen molar-refractivity contribution in [3.05, 3.63) is 52.6 Å². The number of nitrogens with one attached hydrogen (secondary N) is 2. The molecule has 10 heteroatoms. The number of aromatic nitrogens is 3. The molecule has 25 heavy (non-hydrogen) atoms. The van der Waals surface area contributed by atoms with Crippen LogP contribution in [0.1, 0.15) is 5.01 Å². The number of aryl methyl sites for hydroxylation is 1. The molecule has 2 N–H and O–H groups in total. The van der Waals surface area contributed by atoms with Gasteiger partial charge in [-0.2, -0.15) is 0 Å².